The van der Waals surface area contributed by atoms with E-state index in [0.717, 1.165) is 10.9 Å². The maximum atomic E-state index is 13.8. The average molecular weight is 687 g/mol. The van der Waals surface area contributed by atoms with Gasteiger partial charge in [0.1, 0.15) is 29.6 Å². The molecule has 14 heteroatoms. The van der Waals surface area contributed by atoms with Gasteiger partial charge in [0, 0.05) is 70.4 Å². The second-order valence-electron chi connectivity index (χ2n) is 13.2. The van der Waals surface area contributed by atoms with Crippen molar-refractivity contribution in [3.63, 3.8) is 0 Å². The third kappa shape index (κ3) is 9.11. The highest BCUT2D eigenvalue weighted by Crippen LogP contribution is 2.27. The van der Waals surface area contributed by atoms with Crippen molar-refractivity contribution in [3.05, 3.63) is 66.1 Å². The first-order chi connectivity index (χ1) is 24.0. The lowest BCUT2D eigenvalue weighted by Gasteiger charge is -2.29. The number of likely N-dealkylation sites (N-methyl/N-ethyl adjacent to an activating group) is 3. The molecule has 50 heavy (non-hydrogen) atoms. The smallest absolute Gasteiger partial charge is 0.272 e. The van der Waals surface area contributed by atoms with Crippen LogP contribution >= 0.6 is 0 Å². The van der Waals surface area contributed by atoms with E-state index in [9.17, 15) is 24.0 Å². The van der Waals surface area contributed by atoms with E-state index in [2.05, 4.69) is 20.6 Å². The molecule has 0 aliphatic carbocycles. The van der Waals surface area contributed by atoms with Crippen molar-refractivity contribution >= 4 is 40.4 Å². The molecule has 5 amide bonds. The second kappa shape index (κ2) is 16.5. The van der Waals surface area contributed by atoms with Crippen LogP contribution in [0.5, 0.6) is 5.75 Å². The number of rotatable bonds is 8. The summed E-state index contributed by atoms with van der Waals surface area (Å²) in [5, 5.41) is 6.71. The summed E-state index contributed by atoms with van der Waals surface area (Å²) in [6, 6.07) is 10.9. The molecule has 2 N–H and O–H groups in total. The number of benzene rings is 1. The van der Waals surface area contributed by atoms with Gasteiger partial charge in [-0.25, -0.2) is 4.98 Å². The van der Waals surface area contributed by atoms with Gasteiger partial charge in [0.2, 0.25) is 23.6 Å². The van der Waals surface area contributed by atoms with E-state index in [0.29, 0.717) is 43.6 Å². The summed E-state index contributed by atoms with van der Waals surface area (Å²) < 4.78 is 6.30. The van der Waals surface area contributed by atoms with Crippen LogP contribution in [0.25, 0.3) is 10.9 Å². The summed E-state index contributed by atoms with van der Waals surface area (Å²) in [7, 11) is 6.86. The van der Waals surface area contributed by atoms with Crippen LogP contribution in [0.3, 0.4) is 0 Å². The number of pyridine rings is 2. The molecule has 1 aromatic carbocycles. The minimum Gasteiger partial charge on any atom is -0.489 e. The zero-order valence-electron chi connectivity index (χ0n) is 29.1. The standard InChI is InChI=1S/C36H46N8O6/c1-41(2)19-18-38-35(48)29-11-13-32(46)42(3)22-33(47)44-21-26(39-31(45)12-8-24-14-16-37-17-15-24)20-27(44)23-50-30-7-5-6-25-9-10-28(40-34(25)30)36(49)43(29)4/h5-7,9-10,14-17,26-27,29H,8,11-13,18-23H2,1-4H3,(H,38,48)(H,39,45)/t26-,27-,29-/m0/s1. The van der Waals surface area contributed by atoms with Crippen LogP contribution in [0, 0.1) is 0 Å². The molecule has 2 aliphatic heterocycles. The lowest BCUT2D eigenvalue weighted by molar-refractivity contribution is -0.140. The van der Waals surface area contributed by atoms with Crippen LogP contribution in [0.1, 0.15) is 41.7 Å². The van der Waals surface area contributed by atoms with E-state index in [4.69, 9.17) is 4.74 Å². The van der Waals surface area contributed by atoms with E-state index in [-0.39, 0.29) is 67.9 Å². The van der Waals surface area contributed by atoms with Gasteiger partial charge in [-0.1, -0.05) is 18.2 Å². The number of ether oxygens (including phenoxy) is 1. The predicted octanol–water partition coefficient (Wildman–Crippen LogP) is 1.10. The molecule has 1 fully saturated rings. The van der Waals surface area contributed by atoms with Crippen molar-refractivity contribution in [3.8, 4) is 5.75 Å². The molecule has 3 aromatic rings. The van der Waals surface area contributed by atoms with Gasteiger partial charge in [0.15, 0.2) is 0 Å². The number of para-hydroxylation sites is 1. The van der Waals surface area contributed by atoms with E-state index in [1.165, 1.54) is 16.8 Å². The van der Waals surface area contributed by atoms with Crippen LogP contribution in [0.15, 0.2) is 54.9 Å². The van der Waals surface area contributed by atoms with Gasteiger partial charge < -0.3 is 35.0 Å². The number of fused-ring (bicyclic) bond motifs is 2. The molecule has 0 radical (unpaired) electrons. The maximum Gasteiger partial charge on any atom is 0.272 e. The van der Waals surface area contributed by atoms with E-state index in [1.54, 1.807) is 42.5 Å². The van der Waals surface area contributed by atoms with E-state index >= 15 is 0 Å². The van der Waals surface area contributed by atoms with Crippen LogP contribution in [-0.4, -0.2) is 138 Å². The Morgan fingerprint density at radius 1 is 1.02 bits per heavy atom. The number of carbonyl (C=O) groups excluding carboxylic acids is 5. The Morgan fingerprint density at radius 2 is 1.80 bits per heavy atom. The highest BCUT2D eigenvalue weighted by molar-refractivity contribution is 5.98. The first kappa shape index (κ1) is 36.2. The summed E-state index contributed by atoms with van der Waals surface area (Å²) in [6.07, 6.45) is 4.69. The van der Waals surface area contributed by atoms with Gasteiger partial charge in [-0.2, -0.15) is 0 Å². The Labute approximate surface area is 292 Å². The highest BCUT2D eigenvalue weighted by Gasteiger charge is 2.37. The fourth-order valence-corrected chi connectivity index (χ4v) is 6.31. The lowest BCUT2D eigenvalue weighted by atomic mass is 10.1. The number of amides is 5. The van der Waals surface area contributed by atoms with Gasteiger partial charge in [0.05, 0.1) is 12.6 Å². The van der Waals surface area contributed by atoms with Crippen molar-refractivity contribution in [2.24, 2.45) is 0 Å². The monoisotopic (exact) mass is 686 g/mol. The molecular weight excluding hydrogens is 640 g/mol. The van der Waals surface area contributed by atoms with Crippen molar-refractivity contribution in [2.45, 2.75) is 50.2 Å². The summed E-state index contributed by atoms with van der Waals surface area (Å²) in [5.41, 5.74) is 1.60. The quantitative estimate of drug-likeness (QED) is 0.354. The Kier molecular flexibility index (Phi) is 12.0. The Hall–Kier alpha value is -5.11. The molecule has 266 valence electrons. The van der Waals surface area contributed by atoms with Crippen LogP contribution in [0.2, 0.25) is 0 Å². The Bertz CT molecular complexity index is 1700. The molecule has 2 bridgehead atoms. The number of carbonyl (C=O) groups is 5. The zero-order chi connectivity index (χ0) is 35.8. The van der Waals surface area contributed by atoms with Crippen molar-refractivity contribution in [2.75, 3.05) is 61.0 Å². The van der Waals surface area contributed by atoms with Gasteiger partial charge in [-0.05, 0) is 63.2 Å². The SMILES string of the molecule is CN(C)CCNC(=O)[C@@H]1CCC(=O)N(C)CC(=O)N2C[C@@H](NC(=O)CCc3ccncc3)C[C@H]2COc2cccc3ccc(nc23)C(=O)N1C. The molecule has 1 saturated heterocycles. The van der Waals surface area contributed by atoms with E-state index < -0.39 is 18.0 Å². The summed E-state index contributed by atoms with van der Waals surface area (Å²) in [5.74, 6) is -1.16. The Balaban J connectivity index is 1.39. The first-order valence-electron chi connectivity index (χ1n) is 16.9. The number of nitrogens with zero attached hydrogens (tertiary/aromatic N) is 6. The minimum atomic E-state index is -0.955. The lowest BCUT2D eigenvalue weighted by Crippen LogP contribution is -2.49. The highest BCUT2D eigenvalue weighted by atomic mass is 16.5. The number of aromatic nitrogens is 2. The largest absolute Gasteiger partial charge is 0.489 e. The van der Waals surface area contributed by atoms with Crippen molar-refractivity contribution < 1.29 is 28.7 Å². The molecule has 14 nitrogen and oxygen atoms in total. The molecule has 0 unspecified atom stereocenters. The zero-order valence-corrected chi connectivity index (χ0v) is 29.1. The van der Waals surface area contributed by atoms with Gasteiger partial charge in [-0.15, -0.1) is 0 Å². The summed E-state index contributed by atoms with van der Waals surface area (Å²) >= 11 is 0. The van der Waals surface area contributed by atoms with Gasteiger partial charge in [-0.3, -0.25) is 29.0 Å². The minimum absolute atomic E-state index is 0.0509. The van der Waals surface area contributed by atoms with E-state index in [1.807, 2.05) is 43.3 Å². The van der Waals surface area contributed by atoms with Crippen LogP contribution in [-0.2, 0) is 25.6 Å². The Morgan fingerprint density at radius 3 is 2.56 bits per heavy atom. The third-order valence-corrected chi connectivity index (χ3v) is 9.20. The second-order valence-corrected chi connectivity index (χ2v) is 13.2. The van der Waals surface area contributed by atoms with Crippen molar-refractivity contribution in [1.29, 1.82) is 0 Å². The topological polar surface area (TPSA) is 157 Å². The van der Waals surface area contributed by atoms with Crippen LogP contribution in [0.4, 0.5) is 0 Å². The molecule has 3 atom stereocenters. The average Bonchev–Trinajstić information content (AvgIpc) is 3.51. The predicted molar refractivity (Wildman–Crippen MR) is 186 cm³/mol. The molecule has 5 rings (SSSR count). The molecule has 0 saturated carbocycles. The number of hydrogen-bond acceptors (Lipinski definition) is 9. The summed E-state index contributed by atoms with van der Waals surface area (Å²) in [6.45, 7) is 1.15. The fraction of sp³-hybridized carbons (Fsp3) is 0.472. The van der Waals surface area contributed by atoms with Gasteiger partial charge >= 0.3 is 0 Å². The number of aryl methyl sites for hydroxylation is 1. The normalized spacial score (nSPS) is 20.5. The summed E-state index contributed by atoms with van der Waals surface area (Å²) in [4.78, 5) is 82.1. The molecule has 4 heterocycles. The first-order valence-corrected chi connectivity index (χ1v) is 16.9. The van der Waals surface area contributed by atoms with Crippen molar-refractivity contribution in [1.82, 2.24) is 40.2 Å². The molecule has 2 aromatic heterocycles. The van der Waals surface area contributed by atoms with Gasteiger partial charge in [0.25, 0.3) is 5.91 Å². The fourth-order valence-electron chi connectivity index (χ4n) is 6.31. The van der Waals surface area contributed by atoms with Crippen LogP contribution < -0.4 is 15.4 Å². The third-order valence-electron chi connectivity index (χ3n) is 9.20. The number of hydrogen-bond donors (Lipinski definition) is 2. The molecule has 2 aliphatic rings. The molecule has 0 spiro atoms. The maximum absolute atomic E-state index is 13.8. The molecular formula is C36H46N8O6. The number of nitrogens with one attached hydrogen (secondary N) is 2.